The Morgan fingerprint density at radius 1 is 1.47 bits per heavy atom. The van der Waals surface area contributed by atoms with E-state index in [0.29, 0.717) is 18.9 Å². The van der Waals surface area contributed by atoms with Crippen LogP contribution in [-0.4, -0.2) is 38.8 Å². The summed E-state index contributed by atoms with van der Waals surface area (Å²) in [5.74, 6) is 0.824. The molecule has 0 radical (unpaired) electrons. The summed E-state index contributed by atoms with van der Waals surface area (Å²) >= 11 is 0. The second-order valence-electron chi connectivity index (χ2n) is 6.29. The molecular formula is C14H29ClN2O2. The van der Waals surface area contributed by atoms with Crippen molar-refractivity contribution >= 4 is 18.3 Å². The van der Waals surface area contributed by atoms with Gasteiger partial charge >= 0.3 is 0 Å². The van der Waals surface area contributed by atoms with Gasteiger partial charge in [-0.25, -0.2) is 0 Å². The third-order valence-electron chi connectivity index (χ3n) is 3.68. The number of carbonyl (C=O) groups excluding carboxylic acids is 1. The highest BCUT2D eigenvalue weighted by Crippen LogP contribution is 2.21. The van der Waals surface area contributed by atoms with E-state index in [0.717, 1.165) is 19.5 Å². The molecule has 114 valence electrons. The fraction of sp³-hybridized carbons (Fsp3) is 0.929. The number of halogens is 1. The first-order valence-electron chi connectivity index (χ1n) is 6.93. The molecule has 2 atom stereocenters. The summed E-state index contributed by atoms with van der Waals surface area (Å²) in [5.41, 5.74) is 0.0530. The third kappa shape index (κ3) is 7.14. The molecule has 1 amide bonds. The molecule has 1 saturated heterocycles. The van der Waals surface area contributed by atoms with E-state index in [4.69, 9.17) is 4.74 Å². The number of hydrogen-bond acceptors (Lipinski definition) is 3. The van der Waals surface area contributed by atoms with Gasteiger partial charge in [0, 0.05) is 20.1 Å². The van der Waals surface area contributed by atoms with Crippen LogP contribution in [0.5, 0.6) is 0 Å². The number of hydrogen-bond donors (Lipinski definition) is 2. The predicted molar refractivity (Wildman–Crippen MR) is 80.7 cm³/mol. The largest absolute Gasteiger partial charge is 0.379 e. The smallest absolute Gasteiger partial charge is 0.220 e. The van der Waals surface area contributed by atoms with Crippen LogP contribution in [0.15, 0.2) is 0 Å². The second-order valence-corrected chi connectivity index (χ2v) is 6.29. The lowest BCUT2D eigenvalue weighted by Gasteiger charge is -2.29. The van der Waals surface area contributed by atoms with Gasteiger partial charge in [0.25, 0.3) is 0 Å². The van der Waals surface area contributed by atoms with Crippen LogP contribution in [0.25, 0.3) is 0 Å². The number of amides is 1. The first kappa shape index (κ1) is 18.7. The molecule has 2 unspecified atom stereocenters. The van der Waals surface area contributed by atoms with Crippen molar-refractivity contribution < 1.29 is 9.53 Å². The Morgan fingerprint density at radius 2 is 2.16 bits per heavy atom. The summed E-state index contributed by atoms with van der Waals surface area (Å²) in [6.07, 6.45) is 2.89. The number of carbonyl (C=O) groups is 1. The number of methoxy groups -OCH3 is 1. The van der Waals surface area contributed by atoms with Gasteiger partial charge in [0.1, 0.15) is 0 Å². The normalized spacial score (nSPS) is 20.7. The number of nitrogens with one attached hydrogen (secondary N) is 2. The van der Waals surface area contributed by atoms with Crippen LogP contribution < -0.4 is 10.6 Å². The molecule has 1 rings (SSSR count). The maximum atomic E-state index is 11.8. The molecule has 0 bridgehead atoms. The average molecular weight is 293 g/mol. The van der Waals surface area contributed by atoms with Crippen LogP contribution >= 0.6 is 12.4 Å². The minimum atomic E-state index is 0. The van der Waals surface area contributed by atoms with Crippen molar-refractivity contribution in [3.05, 3.63) is 0 Å². The molecule has 2 N–H and O–H groups in total. The zero-order valence-electron chi connectivity index (χ0n) is 12.6. The van der Waals surface area contributed by atoms with Crippen molar-refractivity contribution in [1.29, 1.82) is 0 Å². The number of rotatable bonds is 6. The van der Waals surface area contributed by atoms with Gasteiger partial charge in [-0.05, 0) is 37.3 Å². The first-order chi connectivity index (χ1) is 8.43. The predicted octanol–water partition coefficient (Wildman–Crippen LogP) is 1.98. The van der Waals surface area contributed by atoms with E-state index >= 15 is 0 Å². The Bertz CT molecular complexity index is 261. The molecule has 1 aliphatic heterocycles. The van der Waals surface area contributed by atoms with Crippen LogP contribution in [0.2, 0.25) is 0 Å². The van der Waals surface area contributed by atoms with Gasteiger partial charge in [0.05, 0.1) is 6.10 Å². The third-order valence-corrected chi connectivity index (χ3v) is 3.68. The van der Waals surface area contributed by atoms with E-state index < -0.39 is 0 Å². The van der Waals surface area contributed by atoms with E-state index in [-0.39, 0.29) is 29.8 Å². The highest BCUT2D eigenvalue weighted by atomic mass is 35.5. The lowest BCUT2D eigenvalue weighted by atomic mass is 9.89. The monoisotopic (exact) mass is 292 g/mol. The molecule has 1 fully saturated rings. The van der Waals surface area contributed by atoms with E-state index in [1.165, 1.54) is 6.42 Å². The summed E-state index contributed by atoms with van der Waals surface area (Å²) in [6, 6.07) is 0. The minimum absolute atomic E-state index is 0. The van der Waals surface area contributed by atoms with E-state index in [1.807, 2.05) is 0 Å². The zero-order valence-corrected chi connectivity index (χ0v) is 13.4. The topological polar surface area (TPSA) is 50.4 Å². The van der Waals surface area contributed by atoms with Crippen LogP contribution in [0.4, 0.5) is 0 Å². The fourth-order valence-electron chi connectivity index (χ4n) is 2.33. The van der Waals surface area contributed by atoms with Crippen LogP contribution in [-0.2, 0) is 9.53 Å². The van der Waals surface area contributed by atoms with Crippen molar-refractivity contribution in [2.75, 3.05) is 26.7 Å². The van der Waals surface area contributed by atoms with Crippen LogP contribution in [0.3, 0.4) is 0 Å². The van der Waals surface area contributed by atoms with Gasteiger partial charge in [0.15, 0.2) is 0 Å². The zero-order chi connectivity index (χ0) is 13.6. The standard InChI is InChI=1S/C14H28N2O2.ClH/c1-14(2,3)12(18-4)10-16-13(17)6-5-11-7-8-15-9-11;/h11-12,15H,5-10H2,1-4H3,(H,16,17);1H. The summed E-state index contributed by atoms with van der Waals surface area (Å²) < 4.78 is 5.42. The van der Waals surface area contributed by atoms with Gasteiger partial charge < -0.3 is 15.4 Å². The van der Waals surface area contributed by atoms with Gasteiger partial charge in [-0.15, -0.1) is 12.4 Å². The Morgan fingerprint density at radius 3 is 2.63 bits per heavy atom. The molecule has 0 aromatic rings. The van der Waals surface area contributed by atoms with E-state index in [9.17, 15) is 4.79 Å². The van der Waals surface area contributed by atoms with Crippen molar-refractivity contribution in [2.45, 2.75) is 46.1 Å². The molecule has 0 aliphatic carbocycles. The first-order valence-corrected chi connectivity index (χ1v) is 6.93. The summed E-state index contributed by atoms with van der Waals surface area (Å²) in [4.78, 5) is 11.8. The van der Waals surface area contributed by atoms with Crippen molar-refractivity contribution in [2.24, 2.45) is 11.3 Å². The summed E-state index contributed by atoms with van der Waals surface area (Å²) in [7, 11) is 1.70. The van der Waals surface area contributed by atoms with Crippen LogP contribution in [0, 0.1) is 11.3 Å². The quantitative estimate of drug-likeness (QED) is 0.787. The Kier molecular flexibility index (Phi) is 8.62. The van der Waals surface area contributed by atoms with E-state index in [2.05, 4.69) is 31.4 Å². The Hall–Kier alpha value is -0.320. The summed E-state index contributed by atoms with van der Waals surface area (Å²) in [6.45, 7) is 9.13. The molecule has 0 aromatic carbocycles. The number of ether oxygens (including phenoxy) is 1. The lowest BCUT2D eigenvalue weighted by molar-refractivity contribution is -0.122. The molecule has 0 aromatic heterocycles. The molecule has 5 heteroatoms. The average Bonchev–Trinajstić information content (AvgIpc) is 2.78. The molecule has 1 heterocycles. The van der Waals surface area contributed by atoms with E-state index in [1.54, 1.807) is 7.11 Å². The van der Waals surface area contributed by atoms with Gasteiger partial charge in [-0.2, -0.15) is 0 Å². The molecule has 0 saturated carbocycles. The lowest BCUT2D eigenvalue weighted by Crippen LogP contribution is -2.40. The molecule has 19 heavy (non-hydrogen) atoms. The van der Waals surface area contributed by atoms with Gasteiger partial charge in [0.2, 0.25) is 5.91 Å². The molecular weight excluding hydrogens is 264 g/mol. The SMILES string of the molecule is COC(CNC(=O)CCC1CCNC1)C(C)(C)C.Cl. The van der Waals surface area contributed by atoms with Crippen molar-refractivity contribution in [3.8, 4) is 0 Å². The van der Waals surface area contributed by atoms with Gasteiger partial charge in [-0.1, -0.05) is 20.8 Å². The summed E-state index contributed by atoms with van der Waals surface area (Å²) in [5, 5.41) is 6.30. The molecule has 1 aliphatic rings. The Balaban J connectivity index is 0.00000324. The maximum absolute atomic E-state index is 11.8. The Labute approximate surface area is 123 Å². The maximum Gasteiger partial charge on any atom is 0.220 e. The minimum Gasteiger partial charge on any atom is -0.379 e. The second kappa shape index (κ2) is 8.77. The van der Waals surface area contributed by atoms with Crippen molar-refractivity contribution in [1.82, 2.24) is 10.6 Å². The fourth-order valence-corrected chi connectivity index (χ4v) is 2.33. The molecule has 0 spiro atoms. The highest BCUT2D eigenvalue weighted by molar-refractivity contribution is 5.85. The van der Waals surface area contributed by atoms with Gasteiger partial charge in [-0.3, -0.25) is 4.79 Å². The molecule has 4 nitrogen and oxygen atoms in total. The van der Waals surface area contributed by atoms with Crippen molar-refractivity contribution in [3.63, 3.8) is 0 Å². The highest BCUT2D eigenvalue weighted by Gasteiger charge is 2.24. The van der Waals surface area contributed by atoms with Crippen LogP contribution in [0.1, 0.15) is 40.0 Å².